The van der Waals surface area contributed by atoms with E-state index in [0.717, 1.165) is 24.8 Å². The Labute approximate surface area is 130 Å². The molecule has 5 heteroatoms. The zero-order chi connectivity index (χ0) is 13.1. The largest absolute Gasteiger partial charge is 0.353 e. The highest BCUT2D eigenvalue weighted by Crippen LogP contribution is 2.35. The van der Waals surface area contributed by atoms with Gasteiger partial charge in [-0.1, -0.05) is 12.1 Å². The molecule has 0 aromatic heterocycles. The Morgan fingerprint density at radius 2 is 1.44 bits per heavy atom. The van der Waals surface area contributed by atoms with Crippen LogP contribution in [-0.2, 0) is 0 Å². The van der Waals surface area contributed by atoms with Gasteiger partial charge in [-0.3, -0.25) is 0 Å². The fraction of sp³-hybridized carbons (Fsp3) is 0. The Morgan fingerprint density at radius 3 is 2.06 bits per heavy atom. The van der Waals surface area contributed by atoms with E-state index in [9.17, 15) is 5.26 Å². The molecule has 0 heterocycles. The average Bonchev–Trinajstić information content (AvgIpc) is 2.34. The van der Waals surface area contributed by atoms with Gasteiger partial charge in [0.2, 0.25) is 0 Å². The van der Waals surface area contributed by atoms with E-state index >= 15 is 0 Å². The third-order valence-electron chi connectivity index (χ3n) is 2.35. The second-order valence-corrected chi connectivity index (χ2v) is 6.06. The van der Waals surface area contributed by atoms with Gasteiger partial charge in [0.05, 0.1) is 16.9 Å². The zero-order valence-electron chi connectivity index (χ0n) is 9.05. The topological polar surface area (TPSA) is 35.8 Å². The highest BCUT2D eigenvalue weighted by molar-refractivity contribution is 9.11. The second kappa shape index (κ2) is 5.87. The zero-order valence-corrected chi connectivity index (χ0v) is 13.8. The minimum atomic E-state index is 0.583. The molecule has 0 aliphatic rings. The van der Waals surface area contributed by atoms with Gasteiger partial charge < -0.3 is 5.32 Å². The van der Waals surface area contributed by atoms with Crippen LogP contribution < -0.4 is 5.32 Å². The minimum absolute atomic E-state index is 0.583. The molecule has 0 amide bonds. The lowest BCUT2D eigenvalue weighted by atomic mass is 10.2. The van der Waals surface area contributed by atoms with Crippen molar-refractivity contribution in [2.45, 2.75) is 0 Å². The van der Waals surface area contributed by atoms with Gasteiger partial charge in [-0.15, -0.1) is 0 Å². The first-order valence-corrected chi connectivity index (χ1v) is 7.41. The smallest absolute Gasteiger partial charge is 0.103 e. The Balaban J connectivity index is 2.48. The lowest BCUT2D eigenvalue weighted by molar-refractivity contribution is 1.43. The molecule has 0 unspecified atom stereocenters. The maximum Gasteiger partial charge on any atom is 0.103 e. The quantitative estimate of drug-likeness (QED) is 0.674. The van der Waals surface area contributed by atoms with Crippen molar-refractivity contribution in [3.8, 4) is 6.07 Å². The van der Waals surface area contributed by atoms with Crippen LogP contribution in [-0.4, -0.2) is 0 Å². The van der Waals surface area contributed by atoms with E-state index in [-0.39, 0.29) is 0 Å². The summed E-state index contributed by atoms with van der Waals surface area (Å²) in [6, 6.07) is 13.6. The molecule has 0 fully saturated rings. The number of nitrogens with zero attached hydrogens (tertiary/aromatic N) is 1. The number of para-hydroxylation sites is 1. The van der Waals surface area contributed by atoms with Crippen LogP contribution >= 0.6 is 47.8 Å². The Bertz CT molecular complexity index is 612. The maximum absolute atomic E-state index is 9.17. The molecule has 0 saturated heterocycles. The molecule has 0 saturated carbocycles. The third kappa shape index (κ3) is 2.77. The SMILES string of the molecule is N#Cc1c(Br)cccc1Nc1c(Br)cccc1Br. The van der Waals surface area contributed by atoms with Crippen molar-refractivity contribution in [1.82, 2.24) is 0 Å². The fourth-order valence-electron chi connectivity index (χ4n) is 1.49. The van der Waals surface area contributed by atoms with Crippen LogP contribution in [0.25, 0.3) is 0 Å². The lowest BCUT2D eigenvalue weighted by Crippen LogP contribution is -1.96. The van der Waals surface area contributed by atoms with E-state index in [2.05, 4.69) is 59.2 Å². The minimum Gasteiger partial charge on any atom is -0.353 e. The summed E-state index contributed by atoms with van der Waals surface area (Å²) in [5.41, 5.74) is 2.24. The first kappa shape index (κ1) is 13.6. The van der Waals surface area contributed by atoms with E-state index in [1.54, 1.807) is 0 Å². The number of halogens is 3. The lowest BCUT2D eigenvalue weighted by Gasteiger charge is -2.12. The third-order valence-corrected chi connectivity index (χ3v) is 4.33. The molecular formula is C13H7Br3N2. The van der Waals surface area contributed by atoms with Gasteiger partial charge in [0.15, 0.2) is 0 Å². The van der Waals surface area contributed by atoms with Crippen molar-refractivity contribution in [3.05, 3.63) is 55.4 Å². The normalized spacial score (nSPS) is 9.89. The molecule has 18 heavy (non-hydrogen) atoms. The van der Waals surface area contributed by atoms with E-state index in [1.165, 1.54) is 0 Å². The van der Waals surface area contributed by atoms with Crippen molar-refractivity contribution in [1.29, 1.82) is 5.26 Å². The van der Waals surface area contributed by atoms with Gasteiger partial charge in [-0.2, -0.15) is 5.26 Å². The Morgan fingerprint density at radius 1 is 0.889 bits per heavy atom. The van der Waals surface area contributed by atoms with Crippen molar-refractivity contribution in [3.63, 3.8) is 0 Å². The summed E-state index contributed by atoms with van der Waals surface area (Å²) in [5.74, 6) is 0. The molecule has 2 rings (SSSR count). The second-order valence-electron chi connectivity index (χ2n) is 3.50. The standard InChI is InChI=1S/C13H7Br3N2/c14-9-3-2-6-12(8(9)7-17)18-13-10(15)4-1-5-11(13)16/h1-6,18H. The Kier molecular flexibility index (Phi) is 4.44. The van der Waals surface area contributed by atoms with E-state index < -0.39 is 0 Å². The maximum atomic E-state index is 9.17. The van der Waals surface area contributed by atoms with Crippen molar-refractivity contribution in [2.24, 2.45) is 0 Å². The van der Waals surface area contributed by atoms with E-state index in [1.807, 2.05) is 36.4 Å². The summed E-state index contributed by atoms with van der Waals surface area (Å²) in [6.45, 7) is 0. The first-order valence-electron chi connectivity index (χ1n) is 5.03. The van der Waals surface area contributed by atoms with Gasteiger partial charge in [-0.25, -0.2) is 0 Å². The molecule has 2 aromatic carbocycles. The molecule has 0 spiro atoms. The number of benzene rings is 2. The average molecular weight is 431 g/mol. The van der Waals surface area contributed by atoms with Crippen LogP contribution in [0.5, 0.6) is 0 Å². The predicted molar refractivity (Wildman–Crippen MR) is 84.0 cm³/mol. The molecule has 90 valence electrons. The van der Waals surface area contributed by atoms with Gasteiger partial charge >= 0.3 is 0 Å². The van der Waals surface area contributed by atoms with Gasteiger partial charge in [-0.05, 0) is 72.1 Å². The van der Waals surface area contributed by atoms with Crippen molar-refractivity contribution in [2.75, 3.05) is 5.32 Å². The number of hydrogen-bond donors (Lipinski definition) is 1. The highest BCUT2D eigenvalue weighted by atomic mass is 79.9. The van der Waals surface area contributed by atoms with Crippen LogP contribution in [0, 0.1) is 11.3 Å². The van der Waals surface area contributed by atoms with E-state index in [4.69, 9.17) is 0 Å². The number of nitrogens with one attached hydrogen (secondary N) is 1. The molecule has 2 aromatic rings. The Hall–Kier alpha value is -0.830. The molecule has 0 radical (unpaired) electrons. The van der Waals surface area contributed by atoms with Crippen LogP contribution in [0.1, 0.15) is 5.56 Å². The summed E-state index contributed by atoms with van der Waals surface area (Å²) in [4.78, 5) is 0. The summed E-state index contributed by atoms with van der Waals surface area (Å²) in [6.07, 6.45) is 0. The van der Waals surface area contributed by atoms with Gasteiger partial charge in [0, 0.05) is 13.4 Å². The summed E-state index contributed by atoms with van der Waals surface area (Å²) >= 11 is 10.3. The summed E-state index contributed by atoms with van der Waals surface area (Å²) in [7, 11) is 0. The van der Waals surface area contributed by atoms with Crippen LogP contribution in [0.4, 0.5) is 11.4 Å². The van der Waals surface area contributed by atoms with E-state index in [0.29, 0.717) is 5.56 Å². The number of hydrogen-bond acceptors (Lipinski definition) is 2. The number of nitriles is 1. The molecule has 1 N–H and O–H groups in total. The predicted octanol–water partition coefficient (Wildman–Crippen LogP) is 5.59. The van der Waals surface area contributed by atoms with Crippen LogP contribution in [0.2, 0.25) is 0 Å². The van der Waals surface area contributed by atoms with Crippen LogP contribution in [0.15, 0.2) is 49.8 Å². The molecule has 0 atom stereocenters. The van der Waals surface area contributed by atoms with Crippen molar-refractivity contribution < 1.29 is 0 Å². The number of rotatable bonds is 2. The van der Waals surface area contributed by atoms with Crippen LogP contribution in [0.3, 0.4) is 0 Å². The first-order chi connectivity index (χ1) is 8.63. The number of anilines is 2. The highest BCUT2D eigenvalue weighted by Gasteiger charge is 2.09. The molecule has 0 aliphatic heterocycles. The summed E-state index contributed by atoms with van der Waals surface area (Å²) < 4.78 is 2.64. The molecule has 0 aliphatic carbocycles. The van der Waals surface area contributed by atoms with Gasteiger partial charge in [0.1, 0.15) is 6.07 Å². The van der Waals surface area contributed by atoms with Gasteiger partial charge in [0.25, 0.3) is 0 Å². The monoisotopic (exact) mass is 428 g/mol. The fourth-order valence-corrected chi connectivity index (χ4v) is 3.15. The molecule has 0 bridgehead atoms. The van der Waals surface area contributed by atoms with Crippen molar-refractivity contribution >= 4 is 59.2 Å². The molecule has 2 nitrogen and oxygen atoms in total. The summed E-state index contributed by atoms with van der Waals surface area (Å²) in [5, 5.41) is 12.4. The molecular weight excluding hydrogens is 424 g/mol.